The first-order chi connectivity index (χ1) is 10.1. The zero-order chi connectivity index (χ0) is 15.4. The van der Waals surface area contributed by atoms with E-state index in [1.54, 1.807) is 12.1 Å². The first kappa shape index (κ1) is 18.4. The van der Waals surface area contributed by atoms with Crippen molar-refractivity contribution in [1.82, 2.24) is 5.32 Å². The number of nitrogens with one attached hydrogen (secondary N) is 1. The first-order valence-electron chi connectivity index (χ1n) is 6.95. The van der Waals surface area contributed by atoms with E-state index in [4.69, 9.17) is 19.9 Å². The Hall–Kier alpha value is -1.66. The van der Waals surface area contributed by atoms with Gasteiger partial charge in [0.2, 0.25) is 5.75 Å². The molecule has 1 fully saturated rings. The lowest BCUT2D eigenvalue weighted by atomic mass is 10.1. The highest BCUT2D eigenvalue weighted by atomic mass is 35.5. The van der Waals surface area contributed by atoms with E-state index in [0.717, 1.165) is 12.8 Å². The molecule has 0 heterocycles. The van der Waals surface area contributed by atoms with E-state index in [-0.39, 0.29) is 24.4 Å². The zero-order valence-corrected chi connectivity index (χ0v) is 13.9. The van der Waals surface area contributed by atoms with Gasteiger partial charge in [0.25, 0.3) is 5.91 Å². The van der Waals surface area contributed by atoms with Crippen molar-refractivity contribution in [3.8, 4) is 17.2 Å². The molecule has 0 bridgehead atoms. The van der Waals surface area contributed by atoms with Crippen molar-refractivity contribution in [3.63, 3.8) is 0 Å². The van der Waals surface area contributed by atoms with Crippen molar-refractivity contribution in [3.05, 3.63) is 17.7 Å². The van der Waals surface area contributed by atoms with Gasteiger partial charge in [-0.3, -0.25) is 4.79 Å². The number of amides is 1. The summed E-state index contributed by atoms with van der Waals surface area (Å²) in [6.45, 7) is 0.459. The van der Waals surface area contributed by atoms with Crippen molar-refractivity contribution >= 4 is 18.3 Å². The second-order valence-electron chi connectivity index (χ2n) is 5.09. The van der Waals surface area contributed by atoms with Crippen LogP contribution in [-0.2, 0) is 0 Å². The second-order valence-corrected chi connectivity index (χ2v) is 5.09. The predicted molar refractivity (Wildman–Crippen MR) is 86.4 cm³/mol. The molecule has 1 aromatic rings. The predicted octanol–water partition coefficient (Wildman–Crippen LogP) is 1.60. The summed E-state index contributed by atoms with van der Waals surface area (Å²) in [5.41, 5.74) is 6.39. The van der Waals surface area contributed by atoms with Crippen LogP contribution in [0.1, 0.15) is 23.2 Å². The van der Waals surface area contributed by atoms with Crippen LogP contribution in [0, 0.1) is 5.92 Å². The molecule has 0 spiro atoms. The van der Waals surface area contributed by atoms with Gasteiger partial charge in [0.05, 0.1) is 26.9 Å². The Balaban J connectivity index is 0.00000242. The van der Waals surface area contributed by atoms with Gasteiger partial charge in [0.15, 0.2) is 11.5 Å². The number of hydrogen-bond acceptors (Lipinski definition) is 5. The lowest BCUT2D eigenvalue weighted by Gasteiger charge is -2.16. The van der Waals surface area contributed by atoms with Crippen LogP contribution in [-0.4, -0.2) is 39.8 Å². The van der Waals surface area contributed by atoms with Crippen LogP contribution in [0.15, 0.2) is 12.1 Å². The summed E-state index contributed by atoms with van der Waals surface area (Å²) in [6.07, 6.45) is 2.30. The van der Waals surface area contributed by atoms with Gasteiger partial charge in [-0.05, 0) is 30.9 Å². The topological polar surface area (TPSA) is 82.8 Å². The van der Waals surface area contributed by atoms with Crippen LogP contribution < -0.4 is 25.3 Å². The maximum Gasteiger partial charge on any atom is 0.255 e. The maximum atomic E-state index is 12.3. The molecule has 1 unspecified atom stereocenters. The number of nitrogens with two attached hydrogens (primary N) is 1. The Morgan fingerprint density at radius 3 is 2.36 bits per heavy atom. The minimum absolute atomic E-state index is 0. The molecule has 6 nitrogen and oxygen atoms in total. The van der Waals surface area contributed by atoms with E-state index in [2.05, 4.69) is 5.32 Å². The fraction of sp³-hybridized carbons (Fsp3) is 0.533. The standard InChI is InChI=1S/C15H22N2O4.ClH/c1-19-12-7-6-10(13(20-2)14(12)21-3)15(18)17-8-11(16)9-4-5-9;/h6-7,9,11H,4-5,8,16H2,1-3H3,(H,17,18);1H. The molecule has 3 N–H and O–H groups in total. The summed E-state index contributed by atoms with van der Waals surface area (Å²) in [7, 11) is 4.53. The van der Waals surface area contributed by atoms with E-state index >= 15 is 0 Å². The minimum Gasteiger partial charge on any atom is -0.493 e. The highest BCUT2D eigenvalue weighted by Gasteiger charge is 2.29. The number of methoxy groups -OCH3 is 3. The molecule has 1 saturated carbocycles. The lowest BCUT2D eigenvalue weighted by molar-refractivity contribution is 0.0946. The Kier molecular flexibility index (Phi) is 6.77. The van der Waals surface area contributed by atoms with Gasteiger partial charge in [-0.2, -0.15) is 0 Å². The smallest absolute Gasteiger partial charge is 0.255 e. The molecular formula is C15H23ClN2O4. The maximum absolute atomic E-state index is 12.3. The molecular weight excluding hydrogens is 308 g/mol. The van der Waals surface area contributed by atoms with E-state index in [0.29, 0.717) is 35.3 Å². The van der Waals surface area contributed by atoms with Crippen molar-refractivity contribution in [2.24, 2.45) is 11.7 Å². The summed E-state index contributed by atoms with van der Waals surface area (Å²) in [6, 6.07) is 3.34. The van der Waals surface area contributed by atoms with Crippen LogP contribution in [0.25, 0.3) is 0 Å². The highest BCUT2D eigenvalue weighted by molar-refractivity contribution is 5.98. The zero-order valence-electron chi connectivity index (χ0n) is 13.0. The summed E-state index contributed by atoms with van der Waals surface area (Å²) in [5.74, 6) is 1.58. The van der Waals surface area contributed by atoms with Crippen LogP contribution in [0.5, 0.6) is 17.2 Å². The number of carbonyl (C=O) groups excluding carboxylic acids is 1. The van der Waals surface area contributed by atoms with Gasteiger partial charge in [0.1, 0.15) is 0 Å². The Morgan fingerprint density at radius 2 is 1.86 bits per heavy atom. The van der Waals surface area contributed by atoms with Gasteiger partial charge < -0.3 is 25.3 Å². The highest BCUT2D eigenvalue weighted by Crippen LogP contribution is 2.39. The number of rotatable bonds is 7. The summed E-state index contributed by atoms with van der Waals surface area (Å²) < 4.78 is 15.8. The SMILES string of the molecule is COc1ccc(C(=O)NCC(N)C2CC2)c(OC)c1OC.Cl. The number of halogens is 1. The van der Waals surface area contributed by atoms with Gasteiger partial charge in [-0.1, -0.05) is 0 Å². The number of hydrogen-bond donors (Lipinski definition) is 2. The van der Waals surface area contributed by atoms with E-state index in [9.17, 15) is 4.79 Å². The third-order valence-corrected chi connectivity index (χ3v) is 3.67. The third kappa shape index (κ3) is 3.96. The van der Waals surface area contributed by atoms with Crippen molar-refractivity contribution < 1.29 is 19.0 Å². The monoisotopic (exact) mass is 330 g/mol. The molecule has 7 heteroatoms. The molecule has 1 aliphatic rings. The van der Waals surface area contributed by atoms with Crippen LogP contribution in [0.2, 0.25) is 0 Å². The molecule has 124 valence electrons. The molecule has 0 aromatic heterocycles. The fourth-order valence-electron chi connectivity index (χ4n) is 2.28. The molecule has 1 aromatic carbocycles. The van der Waals surface area contributed by atoms with Crippen molar-refractivity contribution in [2.75, 3.05) is 27.9 Å². The lowest BCUT2D eigenvalue weighted by Crippen LogP contribution is -2.38. The quantitative estimate of drug-likeness (QED) is 0.793. The van der Waals surface area contributed by atoms with Gasteiger partial charge in [-0.25, -0.2) is 0 Å². The Bertz CT molecular complexity index is 521. The molecule has 1 aliphatic carbocycles. The molecule has 0 radical (unpaired) electrons. The van der Waals surface area contributed by atoms with Crippen LogP contribution in [0.4, 0.5) is 0 Å². The van der Waals surface area contributed by atoms with Crippen molar-refractivity contribution in [1.29, 1.82) is 0 Å². The van der Waals surface area contributed by atoms with E-state index in [1.807, 2.05) is 0 Å². The van der Waals surface area contributed by atoms with E-state index < -0.39 is 0 Å². The summed E-state index contributed by atoms with van der Waals surface area (Å²) in [4.78, 5) is 12.3. The number of carbonyl (C=O) groups is 1. The normalized spacial score (nSPS) is 14.5. The molecule has 1 amide bonds. The third-order valence-electron chi connectivity index (χ3n) is 3.67. The molecule has 1 atom stereocenters. The number of benzene rings is 1. The van der Waals surface area contributed by atoms with Crippen molar-refractivity contribution in [2.45, 2.75) is 18.9 Å². The second kappa shape index (κ2) is 8.10. The molecule has 0 aliphatic heterocycles. The van der Waals surface area contributed by atoms with Gasteiger partial charge >= 0.3 is 0 Å². The molecule has 22 heavy (non-hydrogen) atoms. The average molecular weight is 331 g/mol. The Labute approximate surface area is 136 Å². The molecule has 2 rings (SSSR count). The summed E-state index contributed by atoms with van der Waals surface area (Å²) >= 11 is 0. The largest absolute Gasteiger partial charge is 0.493 e. The average Bonchev–Trinajstić information content (AvgIpc) is 3.35. The van der Waals surface area contributed by atoms with Crippen LogP contribution in [0.3, 0.4) is 0 Å². The van der Waals surface area contributed by atoms with Gasteiger partial charge in [-0.15, -0.1) is 12.4 Å². The van der Waals surface area contributed by atoms with Crippen LogP contribution >= 0.6 is 12.4 Å². The first-order valence-corrected chi connectivity index (χ1v) is 6.95. The number of ether oxygens (including phenoxy) is 3. The Morgan fingerprint density at radius 1 is 1.23 bits per heavy atom. The molecule has 0 saturated heterocycles. The summed E-state index contributed by atoms with van der Waals surface area (Å²) in [5, 5.41) is 2.84. The van der Waals surface area contributed by atoms with Gasteiger partial charge in [0, 0.05) is 12.6 Å². The van der Waals surface area contributed by atoms with E-state index in [1.165, 1.54) is 21.3 Å². The minimum atomic E-state index is -0.232. The fourth-order valence-corrected chi connectivity index (χ4v) is 2.28.